The fourth-order valence-corrected chi connectivity index (χ4v) is 3.58. The van der Waals surface area contributed by atoms with Crippen molar-refractivity contribution in [3.63, 3.8) is 0 Å². The van der Waals surface area contributed by atoms with E-state index in [0.29, 0.717) is 0 Å². The molecule has 152 valence electrons. The lowest BCUT2D eigenvalue weighted by atomic mass is 9.98. The summed E-state index contributed by atoms with van der Waals surface area (Å²) in [5, 5.41) is 8.21. The van der Waals surface area contributed by atoms with E-state index in [2.05, 4.69) is 79.8 Å². The molecule has 0 bridgehead atoms. The fourth-order valence-electron chi connectivity index (χ4n) is 3.58. The first-order valence-corrected chi connectivity index (χ1v) is 10.1. The van der Waals surface area contributed by atoms with Crippen LogP contribution in [0.2, 0.25) is 0 Å². The Morgan fingerprint density at radius 3 is 2.23 bits per heavy atom. The van der Waals surface area contributed by atoms with Crippen LogP contribution in [0.15, 0.2) is 72.8 Å². The van der Waals surface area contributed by atoms with Gasteiger partial charge in [0.2, 0.25) is 0 Å². The van der Waals surface area contributed by atoms with Crippen LogP contribution in [0.5, 0.6) is 5.75 Å². The monoisotopic (exact) mass is 397 g/mol. The molecule has 4 aromatic rings. The molecule has 4 rings (SSSR count). The van der Waals surface area contributed by atoms with Crippen molar-refractivity contribution in [1.29, 1.82) is 0 Å². The van der Waals surface area contributed by atoms with Gasteiger partial charge in [0.25, 0.3) is 0 Å². The molecular formula is C26H27N3O. The van der Waals surface area contributed by atoms with E-state index in [0.717, 1.165) is 29.4 Å². The molecule has 4 nitrogen and oxygen atoms in total. The van der Waals surface area contributed by atoms with Crippen LogP contribution in [0.1, 0.15) is 16.7 Å². The van der Waals surface area contributed by atoms with Gasteiger partial charge in [-0.1, -0.05) is 60.2 Å². The summed E-state index contributed by atoms with van der Waals surface area (Å²) in [7, 11) is 3.65. The standard InChI is InChI=1S/C26H27N3O/c1-18-5-9-21(10-6-18)22-11-14-24(19(2)15-22)25-16-26(29(3)28-25)27-17-20-7-12-23(30-4)13-8-20/h5-16,27H,17H2,1-4H3. The highest BCUT2D eigenvalue weighted by molar-refractivity contribution is 5.73. The van der Waals surface area contributed by atoms with E-state index >= 15 is 0 Å². The van der Waals surface area contributed by atoms with Crippen molar-refractivity contribution in [1.82, 2.24) is 9.78 Å². The molecular weight excluding hydrogens is 370 g/mol. The normalized spacial score (nSPS) is 10.8. The Kier molecular flexibility index (Phi) is 5.57. The van der Waals surface area contributed by atoms with Crippen LogP contribution in [0.4, 0.5) is 5.82 Å². The number of nitrogens with zero attached hydrogens (tertiary/aromatic N) is 2. The number of anilines is 1. The Labute approximate surface area is 178 Å². The van der Waals surface area contributed by atoms with Gasteiger partial charge in [-0.25, -0.2) is 0 Å². The van der Waals surface area contributed by atoms with Crippen LogP contribution in [-0.4, -0.2) is 16.9 Å². The number of ether oxygens (including phenoxy) is 1. The molecule has 0 saturated carbocycles. The second-order valence-electron chi connectivity index (χ2n) is 7.64. The predicted molar refractivity (Wildman–Crippen MR) is 124 cm³/mol. The third-order valence-corrected chi connectivity index (χ3v) is 5.40. The average molecular weight is 398 g/mol. The summed E-state index contributed by atoms with van der Waals surface area (Å²) < 4.78 is 7.12. The molecule has 0 aliphatic carbocycles. The Balaban J connectivity index is 1.52. The molecule has 0 radical (unpaired) electrons. The van der Waals surface area contributed by atoms with E-state index in [9.17, 15) is 0 Å². The third-order valence-electron chi connectivity index (χ3n) is 5.40. The van der Waals surface area contributed by atoms with Gasteiger partial charge in [0.1, 0.15) is 11.6 Å². The Morgan fingerprint density at radius 1 is 0.867 bits per heavy atom. The quantitative estimate of drug-likeness (QED) is 0.434. The summed E-state index contributed by atoms with van der Waals surface area (Å²) in [4.78, 5) is 0. The number of rotatable bonds is 6. The van der Waals surface area contributed by atoms with Gasteiger partial charge in [0, 0.05) is 25.2 Å². The second-order valence-corrected chi connectivity index (χ2v) is 7.64. The lowest BCUT2D eigenvalue weighted by Gasteiger charge is -2.07. The SMILES string of the molecule is COc1ccc(CNc2cc(-c3ccc(-c4ccc(C)cc4)cc3C)nn2C)cc1. The maximum absolute atomic E-state index is 5.22. The summed E-state index contributed by atoms with van der Waals surface area (Å²) in [5.41, 5.74) is 8.27. The van der Waals surface area contributed by atoms with E-state index in [1.807, 2.05) is 23.9 Å². The van der Waals surface area contributed by atoms with E-state index in [1.165, 1.54) is 27.8 Å². The molecule has 1 N–H and O–H groups in total. The summed E-state index contributed by atoms with van der Waals surface area (Å²) in [6, 6.07) is 25.4. The smallest absolute Gasteiger partial charge is 0.124 e. The van der Waals surface area contributed by atoms with Gasteiger partial charge in [-0.2, -0.15) is 5.10 Å². The highest BCUT2D eigenvalue weighted by atomic mass is 16.5. The first kappa shape index (κ1) is 19.8. The summed E-state index contributed by atoms with van der Waals surface area (Å²) >= 11 is 0. The van der Waals surface area contributed by atoms with Crippen molar-refractivity contribution in [3.8, 4) is 28.1 Å². The summed E-state index contributed by atoms with van der Waals surface area (Å²) in [6.07, 6.45) is 0. The Morgan fingerprint density at radius 2 is 1.57 bits per heavy atom. The van der Waals surface area contributed by atoms with Crippen LogP contribution in [-0.2, 0) is 13.6 Å². The molecule has 1 heterocycles. The largest absolute Gasteiger partial charge is 0.497 e. The van der Waals surface area contributed by atoms with Crippen LogP contribution in [0.25, 0.3) is 22.4 Å². The minimum Gasteiger partial charge on any atom is -0.497 e. The van der Waals surface area contributed by atoms with Crippen molar-refractivity contribution in [3.05, 3.63) is 89.5 Å². The van der Waals surface area contributed by atoms with Gasteiger partial charge < -0.3 is 10.1 Å². The molecule has 0 aliphatic heterocycles. The number of nitrogens with one attached hydrogen (secondary N) is 1. The average Bonchev–Trinajstić information content (AvgIpc) is 3.13. The number of hydrogen-bond donors (Lipinski definition) is 1. The topological polar surface area (TPSA) is 39.1 Å². The molecule has 30 heavy (non-hydrogen) atoms. The first-order valence-electron chi connectivity index (χ1n) is 10.1. The molecule has 1 aromatic heterocycles. The minimum absolute atomic E-state index is 0.730. The second kappa shape index (κ2) is 8.46. The molecule has 0 atom stereocenters. The Hall–Kier alpha value is -3.53. The molecule has 0 aliphatic rings. The third kappa shape index (κ3) is 4.23. The van der Waals surface area contributed by atoms with Crippen molar-refractivity contribution < 1.29 is 4.74 Å². The van der Waals surface area contributed by atoms with Crippen molar-refractivity contribution in [2.75, 3.05) is 12.4 Å². The highest BCUT2D eigenvalue weighted by Gasteiger charge is 2.11. The minimum atomic E-state index is 0.730. The maximum atomic E-state index is 5.22. The van der Waals surface area contributed by atoms with E-state index in [1.54, 1.807) is 7.11 Å². The zero-order valence-corrected chi connectivity index (χ0v) is 17.9. The molecule has 0 unspecified atom stereocenters. The van der Waals surface area contributed by atoms with Gasteiger partial charge in [-0.15, -0.1) is 0 Å². The zero-order chi connectivity index (χ0) is 21.1. The van der Waals surface area contributed by atoms with Gasteiger partial charge in [-0.3, -0.25) is 4.68 Å². The lowest BCUT2D eigenvalue weighted by molar-refractivity contribution is 0.414. The van der Waals surface area contributed by atoms with Gasteiger partial charge in [-0.05, 0) is 48.2 Å². The summed E-state index contributed by atoms with van der Waals surface area (Å²) in [6.45, 7) is 4.99. The Bertz CT molecular complexity index is 1140. The maximum Gasteiger partial charge on any atom is 0.124 e. The van der Waals surface area contributed by atoms with E-state index in [4.69, 9.17) is 9.84 Å². The molecule has 4 heteroatoms. The lowest BCUT2D eigenvalue weighted by Crippen LogP contribution is -2.04. The summed E-state index contributed by atoms with van der Waals surface area (Å²) in [5.74, 6) is 1.86. The molecule has 0 saturated heterocycles. The van der Waals surface area contributed by atoms with E-state index in [-0.39, 0.29) is 0 Å². The van der Waals surface area contributed by atoms with Crippen LogP contribution in [0, 0.1) is 13.8 Å². The van der Waals surface area contributed by atoms with E-state index < -0.39 is 0 Å². The molecule has 0 amide bonds. The highest BCUT2D eigenvalue weighted by Crippen LogP contribution is 2.29. The van der Waals surface area contributed by atoms with Crippen molar-refractivity contribution in [2.45, 2.75) is 20.4 Å². The van der Waals surface area contributed by atoms with Crippen LogP contribution < -0.4 is 10.1 Å². The molecule has 0 spiro atoms. The zero-order valence-electron chi connectivity index (χ0n) is 17.9. The van der Waals surface area contributed by atoms with Crippen molar-refractivity contribution >= 4 is 5.82 Å². The number of hydrogen-bond acceptors (Lipinski definition) is 3. The molecule has 3 aromatic carbocycles. The van der Waals surface area contributed by atoms with Gasteiger partial charge in [0.05, 0.1) is 12.8 Å². The predicted octanol–water partition coefficient (Wildman–Crippen LogP) is 5.99. The fraction of sp³-hybridized carbons (Fsp3) is 0.192. The number of aryl methyl sites for hydroxylation is 3. The number of benzene rings is 3. The van der Waals surface area contributed by atoms with Crippen LogP contribution in [0.3, 0.4) is 0 Å². The number of aromatic nitrogens is 2. The van der Waals surface area contributed by atoms with Crippen molar-refractivity contribution in [2.24, 2.45) is 7.05 Å². The first-order chi connectivity index (χ1) is 14.5. The van der Waals surface area contributed by atoms with Gasteiger partial charge in [0.15, 0.2) is 0 Å². The van der Waals surface area contributed by atoms with Crippen LogP contribution >= 0.6 is 0 Å². The molecule has 0 fully saturated rings. The van der Waals surface area contributed by atoms with Gasteiger partial charge >= 0.3 is 0 Å². The number of methoxy groups -OCH3 is 1.